The minimum atomic E-state index is -0.0978. The lowest BCUT2D eigenvalue weighted by Crippen LogP contribution is -2.15. The molecule has 1 atom stereocenters. The predicted octanol–water partition coefficient (Wildman–Crippen LogP) is 3.89. The fourth-order valence-electron chi connectivity index (χ4n) is 1.48. The van der Waals surface area contributed by atoms with Crippen molar-refractivity contribution in [2.75, 3.05) is 5.75 Å². The van der Waals surface area contributed by atoms with E-state index in [1.807, 2.05) is 25.3 Å². The molecule has 0 amide bonds. The van der Waals surface area contributed by atoms with Crippen molar-refractivity contribution in [1.82, 2.24) is 0 Å². The summed E-state index contributed by atoms with van der Waals surface area (Å²) >= 11 is 1.73. The van der Waals surface area contributed by atoms with Gasteiger partial charge in [-0.15, -0.1) is 11.8 Å². The third kappa shape index (κ3) is 4.05. The third-order valence-electron chi connectivity index (χ3n) is 2.62. The fraction of sp³-hybridized carbons (Fsp3) is 0.615. The van der Waals surface area contributed by atoms with Crippen molar-refractivity contribution in [1.29, 1.82) is 0 Å². The second-order valence-corrected chi connectivity index (χ2v) is 5.07. The molecule has 0 radical (unpaired) electrons. The molecule has 0 aromatic heterocycles. The molecule has 0 saturated heterocycles. The van der Waals surface area contributed by atoms with Crippen molar-refractivity contribution in [2.24, 2.45) is 5.92 Å². The minimum Gasteiger partial charge on any atom is -0.426 e. The lowest BCUT2D eigenvalue weighted by Gasteiger charge is -2.15. The summed E-state index contributed by atoms with van der Waals surface area (Å²) in [6.07, 6.45) is 5.10. The SMILES string of the molecule is CCCC[C@@H](C)C(=O)OC1=CCSC=C1C. The van der Waals surface area contributed by atoms with Gasteiger partial charge in [0, 0.05) is 5.75 Å². The number of ether oxygens (including phenoxy) is 1. The smallest absolute Gasteiger partial charge is 0.314 e. The largest absolute Gasteiger partial charge is 0.426 e. The highest BCUT2D eigenvalue weighted by atomic mass is 32.2. The Kier molecular flexibility index (Phi) is 5.67. The van der Waals surface area contributed by atoms with Gasteiger partial charge in [-0.2, -0.15) is 0 Å². The second kappa shape index (κ2) is 6.79. The van der Waals surface area contributed by atoms with Gasteiger partial charge in [-0.1, -0.05) is 26.7 Å². The third-order valence-corrected chi connectivity index (χ3v) is 3.50. The number of carbonyl (C=O) groups excluding carboxylic acids is 1. The number of hydrogen-bond donors (Lipinski definition) is 0. The van der Waals surface area contributed by atoms with Gasteiger partial charge in [-0.25, -0.2) is 0 Å². The number of allylic oxidation sites excluding steroid dienone is 1. The van der Waals surface area contributed by atoms with E-state index in [2.05, 4.69) is 6.92 Å². The first kappa shape index (κ1) is 13.4. The van der Waals surface area contributed by atoms with E-state index >= 15 is 0 Å². The van der Waals surface area contributed by atoms with Gasteiger partial charge in [0.1, 0.15) is 5.76 Å². The van der Waals surface area contributed by atoms with E-state index in [0.717, 1.165) is 36.3 Å². The maximum atomic E-state index is 11.8. The van der Waals surface area contributed by atoms with E-state index in [1.165, 1.54) is 0 Å². The molecule has 0 N–H and O–H groups in total. The molecule has 90 valence electrons. The first-order chi connectivity index (χ1) is 7.65. The Morgan fingerprint density at radius 1 is 1.62 bits per heavy atom. The van der Waals surface area contributed by atoms with Crippen LogP contribution in [0.3, 0.4) is 0 Å². The van der Waals surface area contributed by atoms with Crippen LogP contribution in [0.25, 0.3) is 0 Å². The molecule has 0 spiro atoms. The van der Waals surface area contributed by atoms with Crippen LogP contribution in [0.2, 0.25) is 0 Å². The summed E-state index contributed by atoms with van der Waals surface area (Å²) in [5, 5.41) is 2.04. The molecular weight excluding hydrogens is 220 g/mol. The van der Waals surface area contributed by atoms with Gasteiger partial charge in [0.15, 0.2) is 0 Å². The maximum Gasteiger partial charge on any atom is 0.314 e. The zero-order valence-corrected chi connectivity index (χ0v) is 11.1. The Bertz CT molecular complexity index is 305. The van der Waals surface area contributed by atoms with Crippen LogP contribution in [-0.4, -0.2) is 11.7 Å². The predicted molar refractivity (Wildman–Crippen MR) is 69.1 cm³/mol. The summed E-state index contributed by atoms with van der Waals surface area (Å²) in [7, 11) is 0. The summed E-state index contributed by atoms with van der Waals surface area (Å²) < 4.78 is 5.40. The van der Waals surface area contributed by atoms with Gasteiger partial charge in [0.05, 0.1) is 5.92 Å². The molecule has 0 fully saturated rings. The summed E-state index contributed by atoms with van der Waals surface area (Å²) in [5.41, 5.74) is 1.05. The molecule has 0 aromatic carbocycles. The van der Waals surface area contributed by atoms with Gasteiger partial charge < -0.3 is 4.74 Å². The molecular formula is C13H20O2S. The molecule has 2 nitrogen and oxygen atoms in total. The standard InChI is InChI=1S/C13H20O2S/c1-4-5-6-10(2)13(14)15-12-7-8-16-9-11(12)3/h7,9-10H,4-6,8H2,1-3H3/t10-/m1/s1. The molecule has 16 heavy (non-hydrogen) atoms. The number of rotatable bonds is 5. The van der Waals surface area contributed by atoms with Crippen molar-refractivity contribution < 1.29 is 9.53 Å². The van der Waals surface area contributed by atoms with Gasteiger partial charge in [-0.3, -0.25) is 4.79 Å². The van der Waals surface area contributed by atoms with Gasteiger partial charge >= 0.3 is 5.97 Å². The van der Waals surface area contributed by atoms with Crippen LogP contribution in [0, 0.1) is 5.92 Å². The van der Waals surface area contributed by atoms with Gasteiger partial charge in [0.25, 0.3) is 0 Å². The van der Waals surface area contributed by atoms with Crippen LogP contribution in [-0.2, 0) is 9.53 Å². The molecule has 3 heteroatoms. The highest BCUT2D eigenvalue weighted by Gasteiger charge is 2.17. The number of unbranched alkanes of at least 4 members (excludes halogenated alkanes) is 1. The lowest BCUT2D eigenvalue weighted by atomic mass is 10.1. The Morgan fingerprint density at radius 2 is 2.38 bits per heavy atom. The molecule has 0 saturated carbocycles. The molecule has 0 bridgehead atoms. The van der Waals surface area contributed by atoms with Crippen molar-refractivity contribution in [3.63, 3.8) is 0 Å². The zero-order chi connectivity index (χ0) is 12.0. The van der Waals surface area contributed by atoms with Crippen molar-refractivity contribution in [3.8, 4) is 0 Å². The summed E-state index contributed by atoms with van der Waals surface area (Å²) in [5.74, 6) is 1.54. The number of esters is 1. The number of thioether (sulfide) groups is 1. The van der Waals surface area contributed by atoms with Crippen LogP contribution in [0.15, 0.2) is 22.8 Å². The van der Waals surface area contributed by atoms with E-state index in [1.54, 1.807) is 11.8 Å². The quantitative estimate of drug-likeness (QED) is 0.682. The Labute approximate surface area is 102 Å². The van der Waals surface area contributed by atoms with Crippen LogP contribution >= 0.6 is 11.8 Å². The molecule has 1 aliphatic heterocycles. The van der Waals surface area contributed by atoms with Crippen LogP contribution in [0.5, 0.6) is 0 Å². The first-order valence-corrected chi connectivity index (χ1v) is 6.90. The Balaban J connectivity index is 2.44. The van der Waals surface area contributed by atoms with E-state index in [-0.39, 0.29) is 11.9 Å². The van der Waals surface area contributed by atoms with Crippen molar-refractivity contribution >= 4 is 17.7 Å². The van der Waals surface area contributed by atoms with E-state index in [9.17, 15) is 4.79 Å². The Morgan fingerprint density at radius 3 is 3.00 bits per heavy atom. The molecule has 1 aliphatic rings. The summed E-state index contributed by atoms with van der Waals surface area (Å²) in [6.45, 7) is 6.04. The van der Waals surface area contributed by atoms with E-state index < -0.39 is 0 Å². The van der Waals surface area contributed by atoms with Crippen molar-refractivity contribution in [2.45, 2.75) is 40.0 Å². The fourth-order valence-corrected chi connectivity index (χ4v) is 2.19. The molecule has 0 aromatic rings. The first-order valence-electron chi connectivity index (χ1n) is 5.85. The molecule has 1 heterocycles. The second-order valence-electron chi connectivity index (χ2n) is 4.17. The topological polar surface area (TPSA) is 26.3 Å². The van der Waals surface area contributed by atoms with E-state index in [4.69, 9.17) is 4.74 Å². The summed E-state index contributed by atoms with van der Waals surface area (Å²) in [6, 6.07) is 0. The van der Waals surface area contributed by atoms with Crippen LogP contribution in [0.4, 0.5) is 0 Å². The summed E-state index contributed by atoms with van der Waals surface area (Å²) in [4.78, 5) is 11.8. The highest BCUT2D eigenvalue weighted by Crippen LogP contribution is 2.23. The number of hydrogen-bond acceptors (Lipinski definition) is 3. The maximum absolute atomic E-state index is 11.8. The zero-order valence-electron chi connectivity index (χ0n) is 10.3. The molecule has 0 aliphatic carbocycles. The molecule has 0 unspecified atom stereocenters. The van der Waals surface area contributed by atoms with Gasteiger partial charge in [-0.05, 0) is 30.4 Å². The minimum absolute atomic E-state index is 0.00299. The average molecular weight is 240 g/mol. The number of carbonyl (C=O) groups is 1. The van der Waals surface area contributed by atoms with Gasteiger partial charge in [0.2, 0.25) is 0 Å². The van der Waals surface area contributed by atoms with Crippen molar-refractivity contribution in [3.05, 3.63) is 22.8 Å². The highest BCUT2D eigenvalue weighted by molar-refractivity contribution is 8.02. The molecule has 1 rings (SSSR count). The van der Waals surface area contributed by atoms with Crippen LogP contribution in [0.1, 0.15) is 40.0 Å². The lowest BCUT2D eigenvalue weighted by molar-refractivity contribution is -0.143. The monoisotopic (exact) mass is 240 g/mol. The van der Waals surface area contributed by atoms with Crippen LogP contribution < -0.4 is 0 Å². The normalized spacial score (nSPS) is 17.4. The average Bonchev–Trinajstić information content (AvgIpc) is 2.28. The van der Waals surface area contributed by atoms with E-state index in [0.29, 0.717) is 0 Å². The Hall–Kier alpha value is -0.700.